The lowest BCUT2D eigenvalue weighted by Gasteiger charge is -2.31. The largest absolute Gasteiger partial charge is 0.349 e. The molecule has 2 rings (SSSR count). The van der Waals surface area contributed by atoms with Gasteiger partial charge in [0.25, 0.3) is 5.91 Å². The number of amides is 1. The van der Waals surface area contributed by atoms with Crippen LogP contribution in [0.2, 0.25) is 0 Å². The molecule has 0 bridgehead atoms. The van der Waals surface area contributed by atoms with Gasteiger partial charge in [-0.05, 0) is 37.4 Å². The van der Waals surface area contributed by atoms with Crippen molar-refractivity contribution in [1.82, 2.24) is 10.3 Å². The number of nitrogens with two attached hydrogens (primary N) is 1. The van der Waals surface area contributed by atoms with Crippen molar-refractivity contribution in [3.8, 4) is 0 Å². The van der Waals surface area contributed by atoms with Crippen LogP contribution < -0.4 is 11.1 Å². The zero-order valence-corrected chi connectivity index (χ0v) is 9.93. The fraction of sp³-hybridized carbons (Fsp3) is 0.538. The lowest BCUT2D eigenvalue weighted by Crippen LogP contribution is -2.44. The number of hydrogen-bond acceptors (Lipinski definition) is 3. The number of carbonyl (C=O) groups is 1. The molecule has 1 aromatic rings. The summed E-state index contributed by atoms with van der Waals surface area (Å²) in [4.78, 5) is 15.9. The van der Waals surface area contributed by atoms with Gasteiger partial charge < -0.3 is 11.1 Å². The van der Waals surface area contributed by atoms with Gasteiger partial charge in [-0.25, -0.2) is 0 Å². The van der Waals surface area contributed by atoms with Gasteiger partial charge in [-0.15, -0.1) is 0 Å². The third-order valence-corrected chi connectivity index (χ3v) is 3.47. The Balaban J connectivity index is 1.98. The predicted octanol–water partition coefficient (Wildman–Crippen LogP) is 1.33. The molecule has 4 nitrogen and oxygen atoms in total. The first kappa shape index (κ1) is 12.0. The third kappa shape index (κ3) is 3.03. The fourth-order valence-corrected chi connectivity index (χ4v) is 2.43. The van der Waals surface area contributed by atoms with Crippen molar-refractivity contribution in [1.29, 1.82) is 0 Å². The van der Waals surface area contributed by atoms with Gasteiger partial charge in [-0.3, -0.25) is 9.78 Å². The summed E-state index contributed by atoms with van der Waals surface area (Å²) in [7, 11) is 0. The van der Waals surface area contributed by atoms with E-state index in [1.54, 1.807) is 24.5 Å². The number of pyridine rings is 1. The minimum absolute atomic E-state index is 0.0160. The summed E-state index contributed by atoms with van der Waals surface area (Å²) in [5.74, 6) is 0.410. The van der Waals surface area contributed by atoms with Crippen molar-refractivity contribution >= 4 is 5.91 Å². The maximum Gasteiger partial charge on any atom is 0.251 e. The number of aromatic nitrogens is 1. The molecular formula is C13H19N3O. The predicted molar refractivity (Wildman–Crippen MR) is 66.5 cm³/mol. The molecular weight excluding hydrogens is 214 g/mol. The Morgan fingerprint density at radius 2 is 2.06 bits per heavy atom. The highest BCUT2D eigenvalue weighted by Gasteiger charge is 2.25. The molecule has 92 valence electrons. The third-order valence-electron chi connectivity index (χ3n) is 3.47. The van der Waals surface area contributed by atoms with E-state index in [1.807, 2.05) is 0 Å². The molecule has 1 amide bonds. The lowest BCUT2D eigenvalue weighted by atomic mass is 9.84. The van der Waals surface area contributed by atoms with Crippen LogP contribution in [0.15, 0.2) is 24.5 Å². The summed E-state index contributed by atoms with van der Waals surface area (Å²) >= 11 is 0. The van der Waals surface area contributed by atoms with Gasteiger partial charge in [-0.1, -0.05) is 12.8 Å². The molecule has 1 heterocycles. The van der Waals surface area contributed by atoms with Gasteiger partial charge in [-0.2, -0.15) is 0 Å². The van der Waals surface area contributed by atoms with E-state index in [9.17, 15) is 4.79 Å². The van der Waals surface area contributed by atoms with Crippen molar-refractivity contribution < 1.29 is 4.79 Å². The molecule has 0 aliphatic heterocycles. The molecule has 0 radical (unpaired) electrons. The van der Waals surface area contributed by atoms with Crippen molar-refractivity contribution in [2.24, 2.45) is 11.7 Å². The number of nitrogens with zero attached hydrogens (tertiary/aromatic N) is 1. The van der Waals surface area contributed by atoms with Crippen LogP contribution in [0.3, 0.4) is 0 Å². The Labute approximate surface area is 102 Å². The number of carbonyl (C=O) groups excluding carboxylic acids is 1. The first-order valence-corrected chi connectivity index (χ1v) is 6.22. The van der Waals surface area contributed by atoms with E-state index < -0.39 is 0 Å². The second-order valence-corrected chi connectivity index (χ2v) is 4.60. The lowest BCUT2D eigenvalue weighted by molar-refractivity contribution is 0.0908. The maximum atomic E-state index is 12.0. The zero-order chi connectivity index (χ0) is 12.1. The van der Waals surface area contributed by atoms with Crippen LogP contribution >= 0.6 is 0 Å². The Bertz CT molecular complexity index is 366. The molecule has 4 heteroatoms. The highest BCUT2D eigenvalue weighted by molar-refractivity contribution is 5.94. The number of rotatable bonds is 3. The summed E-state index contributed by atoms with van der Waals surface area (Å²) in [5, 5.41) is 3.09. The van der Waals surface area contributed by atoms with Crippen LogP contribution in [-0.2, 0) is 0 Å². The van der Waals surface area contributed by atoms with Gasteiger partial charge in [0.1, 0.15) is 0 Å². The van der Waals surface area contributed by atoms with E-state index in [0.29, 0.717) is 18.0 Å². The van der Waals surface area contributed by atoms with Crippen molar-refractivity contribution in [3.63, 3.8) is 0 Å². The molecule has 0 saturated heterocycles. The van der Waals surface area contributed by atoms with Gasteiger partial charge in [0.2, 0.25) is 0 Å². The van der Waals surface area contributed by atoms with Gasteiger partial charge in [0.05, 0.1) is 0 Å². The highest BCUT2D eigenvalue weighted by Crippen LogP contribution is 2.23. The summed E-state index contributed by atoms with van der Waals surface area (Å²) in [6, 6.07) is 3.69. The first-order chi connectivity index (χ1) is 8.31. The average Bonchev–Trinajstić information content (AvgIpc) is 2.40. The van der Waals surface area contributed by atoms with Crippen LogP contribution in [0.4, 0.5) is 0 Å². The van der Waals surface area contributed by atoms with E-state index in [0.717, 1.165) is 12.8 Å². The fourth-order valence-electron chi connectivity index (χ4n) is 2.43. The SMILES string of the molecule is NCC1CCCCC1NC(=O)c1ccncc1. The molecule has 2 unspecified atom stereocenters. The van der Waals surface area contributed by atoms with E-state index in [1.165, 1.54) is 12.8 Å². The summed E-state index contributed by atoms with van der Waals surface area (Å²) in [5.41, 5.74) is 6.41. The minimum atomic E-state index is -0.0160. The molecule has 0 aromatic carbocycles. The second-order valence-electron chi connectivity index (χ2n) is 4.60. The van der Waals surface area contributed by atoms with E-state index >= 15 is 0 Å². The van der Waals surface area contributed by atoms with Crippen LogP contribution in [0.5, 0.6) is 0 Å². The molecule has 1 fully saturated rings. The molecule has 1 aliphatic rings. The Morgan fingerprint density at radius 1 is 1.35 bits per heavy atom. The van der Waals surface area contributed by atoms with E-state index in [-0.39, 0.29) is 11.9 Å². The van der Waals surface area contributed by atoms with Crippen LogP contribution in [0.25, 0.3) is 0 Å². The smallest absolute Gasteiger partial charge is 0.251 e. The molecule has 0 spiro atoms. The Kier molecular flexibility index (Phi) is 4.09. The van der Waals surface area contributed by atoms with Crippen molar-refractivity contribution in [2.45, 2.75) is 31.7 Å². The first-order valence-electron chi connectivity index (χ1n) is 6.22. The molecule has 2 atom stereocenters. The normalized spacial score (nSPS) is 24.3. The standard InChI is InChI=1S/C13H19N3O/c14-9-11-3-1-2-4-12(11)16-13(17)10-5-7-15-8-6-10/h5-8,11-12H,1-4,9,14H2,(H,16,17). The van der Waals surface area contributed by atoms with Gasteiger partial charge in [0.15, 0.2) is 0 Å². The minimum Gasteiger partial charge on any atom is -0.349 e. The number of nitrogens with one attached hydrogen (secondary N) is 1. The second kappa shape index (κ2) is 5.77. The van der Waals surface area contributed by atoms with Gasteiger partial charge in [0, 0.05) is 24.0 Å². The average molecular weight is 233 g/mol. The molecule has 1 saturated carbocycles. The monoisotopic (exact) mass is 233 g/mol. The van der Waals surface area contributed by atoms with Crippen LogP contribution in [0, 0.1) is 5.92 Å². The highest BCUT2D eigenvalue weighted by atomic mass is 16.1. The molecule has 1 aliphatic carbocycles. The zero-order valence-electron chi connectivity index (χ0n) is 9.93. The van der Waals surface area contributed by atoms with Crippen molar-refractivity contribution in [3.05, 3.63) is 30.1 Å². The molecule has 1 aromatic heterocycles. The Hall–Kier alpha value is -1.42. The quantitative estimate of drug-likeness (QED) is 0.827. The maximum absolute atomic E-state index is 12.0. The summed E-state index contributed by atoms with van der Waals surface area (Å²) < 4.78 is 0. The summed E-state index contributed by atoms with van der Waals surface area (Å²) in [6.45, 7) is 0.654. The Morgan fingerprint density at radius 3 is 2.76 bits per heavy atom. The van der Waals surface area contributed by atoms with E-state index in [2.05, 4.69) is 10.3 Å². The summed E-state index contributed by atoms with van der Waals surface area (Å²) in [6.07, 6.45) is 7.84. The molecule has 17 heavy (non-hydrogen) atoms. The topological polar surface area (TPSA) is 68.0 Å². The van der Waals surface area contributed by atoms with Crippen molar-refractivity contribution in [2.75, 3.05) is 6.54 Å². The molecule has 3 N–H and O–H groups in total. The number of hydrogen-bond donors (Lipinski definition) is 2. The van der Waals surface area contributed by atoms with Gasteiger partial charge >= 0.3 is 0 Å². The van der Waals surface area contributed by atoms with Crippen LogP contribution in [0.1, 0.15) is 36.0 Å². The van der Waals surface area contributed by atoms with E-state index in [4.69, 9.17) is 5.73 Å². The van der Waals surface area contributed by atoms with Crippen LogP contribution in [-0.4, -0.2) is 23.5 Å².